The van der Waals surface area contributed by atoms with Crippen LogP contribution in [0.15, 0.2) is 133 Å². The van der Waals surface area contributed by atoms with Gasteiger partial charge in [0.2, 0.25) is 0 Å². The first-order valence-corrected chi connectivity index (χ1v) is 14.5. The van der Waals surface area contributed by atoms with E-state index in [9.17, 15) is 0 Å². The Hall–Kier alpha value is -5.14. The van der Waals surface area contributed by atoms with Gasteiger partial charge in [-0.2, -0.15) is 0 Å². The lowest BCUT2D eigenvalue weighted by Gasteiger charge is -2.16. The fourth-order valence-electron chi connectivity index (χ4n) is 7.08. The Labute approximate surface area is 238 Å². The van der Waals surface area contributed by atoms with Gasteiger partial charge in [0.05, 0.1) is 11.0 Å². The number of allylic oxidation sites excluding steroid dienone is 1. The first-order chi connectivity index (χ1) is 20.3. The van der Waals surface area contributed by atoms with Crippen molar-refractivity contribution in [2.45, 2.75) is 12.8 Å². The van der Waals surface area contributed by atoms with Crippen molar-refractivity contribution in [1.29, 1.82) is 0 Å². The molecule has 0 spiro atoms. The third-order valence-electron chi connectivity index (χ3n) is 9.01. The van der Waals surface area contributed by atoms with E-state index >= 15 is 0 Å². The van der Waals surface area contributed by atoms with Crippen molar-refractivity contribution in [1.82, 2.24) is 4.57 Å². The number of nitrogens with zero attached hydrogens (tertiary/aromatic N) is 1. The number of hydrogen-bond donors (Lipinski definition) is 0. The van der Waals surface area contributed by atoms with Crippen LogP contribution in [0.2, 0.25) is 0 Å². The fourth-order valence-corrected chi connectivity index (χ4v) is 7.08. The van der Waals surface area contributed by atoms with Gasteiger partial charge in [0.15, 0.2) is 0 Å². The van der Waals surface area contributed by atoms with Crippen molar-refractivity contribution < 1.29 is 0 Å². The smallest absolute Gasteiger partial charge is 0.0541 e. The second-order valence-corrected chi connectivity index (χ2v) is 11.3. The van der Waals surface area contributed by atoms with E-state index < -0.39 is 0 Å². The minimum atomic E-state index is 1.12. The van der Waals surface area contributed by atoms with Gasteiger partial charge in [-0.3, -0.25) is 0 Å². The van der Waals surface area contributed by atoms with Gasteiger partial charge in [0, 0.05) is 16.5 Å². The number of para-hydroxylation sites is 2. The summed E-state index contributed by atoms with van der Waals surface area (Å²) < 4.78 is 2.41. The van der Waals surface area contributed by atoms with Crippen LogP contribution in [0.1, 0.15) is 17.5 Å². The quantitative estimate of drug-likeness (QED) is 0.199. The summed E-state index contributed by atoms with van der Waals surface area (Å²) in [4.78, 5) is 0. The lowest BCUT2D eigenvalue weighted by atomic mass is 9.90. The van der Waals surface area contributed by atoms with Crippen molar-refractivity contribution in [2.24, 2.45) is 0 Å². The van der Waals surface area contributed by atoms with Crippen LogP contribution in [0, 0.1) is 0 Å². The standard InChI is InChI=1S/C40H27N/c1-2-10-27-23-28(18-17-26(27)9-1)29-19-21-33-34-22-20-30(25-38(34)32-12-4-3-11-31(32)37(33)24-29)41-39-15-7-5-13-35(39)36-14-6-8-16-40(36)41/h1,3-9,11-25H,2,10H2. The molecule has 41 heavy (non-hydrogen) atoms. The normalized spacial score (nSPS) is 13.1. The van der Waals surface area contributed by atoms with Gasteiger partial charge in [-0.05, 0) is 97.7 Å². The molecule has 0 amide bonds. The molecule has 0 unspecified atom stereocenters. The van der Waals surface area contributed by atoms with Crippen molar-refractivity contribution in [2.75, 3.05) is 0 Å². The van der Waals surface area contributed by atoms with Crippen LogP contribution < -0.4 is 0 Å². The molecule has 0 bridgehead atoms. The van der Waals surface area contributed by atoms with Crippen LogP contribution in [0.5, 0.6) is 0 Å². The molecule has 8 aromatic rings. The van der Waals surface area contributed by atoms with Gasteiger partial charge in [0.1, 0.15) is 0 Å². The lowest BCUT2D eigenvalue weighted by Crippen LogP contribution is -1.95. The average molecular weight is 522 g/mol. The number of benzene rings is 7. The van der Waals surface area contributed by atoms with E-state index in [0.29, 0.717) is 0 Å². The molecule has 1 aliphatic rings. The Balaban J connectivity index is 1.30. The maximum absolute atomic E-state index is 2.41. The zero-order chi connectivity index (χ0) is 26.9. The highest BCUT2D eigenvalue weighted by Gasteiger charge is 2.15. The van der Waals surface area contributed by atoms with Crippen LogP contribution in [-0.4, -0.2) is 4.57 Å². The average Bonchev–Trinajstić information content (AvgIpc) is 3.38. The Morgan fingerprint density at radius 2 is 1.00 bits per heavy atom. The van der Waals surface area contributed by atoms with Crippen LogP contribution in [0.25, 0.3) is 77.0 Å². The second-order valence-electron chi connectivity index (χ2n) is 11.3. The Kier molecular flexibility index (Phi) is 4.80. The predicted octanol–water partition coefficient (Wildman–Crippen LogP) is 10.9. The van der Waals surface area contributed by atoms with Crippen LogP contribution in [-0.2, 0) is 6.42 Å². The van der Waals surface area contributed by atoms with Crippen LogP contribution in [0.4, 0.5) is 0 Å². The molecule has 1 aromatic heterocycles. The molecule has 0 radical (unpaired) electrons. The molecule has 1 nitrogen and oxygen atoms in total. The summed E-state index contributed by atoms with van der Waals surface area (Å²) in [6, 6.07) is 47.4. The van der Waals surface area contributed by atoms with E-state index in [1.54, 1.807) is 0 Å². The fraction of sp³-hybridized carbons (Fsp3) is 0.0500. The monoisotopic (exact) mass is 521 g/mol. The van der Waals surface area contributed by atoms with Gasteiger partial charge in [0.25, 0.3) is 0 Å². The maximum Gasteiger partial charge on any atom is 0.0541 e. The lowest BCUT2D eigenvalue weighted by molar-refractivity contribution is 0.986. The molecule has 0 saturated carbocycles. The molecular formula is C40H27N. The van der Waals surface area contributed by atoms with Gasteiger partial charge in [-0.1, -0.05) is 109 Å². The molecule has 1 aliphatic carbocycles. The minimum Gasteiger partial charge on any atom is -0.309 e. The van der Waals surface area contributed by atoms with E-state index in [1.165, 1.54) is 82.1 Å². The predicted molar refractivity (Wildman–Crippen MR) is 176 cm³/mol. The summed E-state index contributed by atoms with van der Waals surface area (Å²) in [5.74, 6) is 0. The first-order valence-electron chi connectivity index (χ1n) is 14.5. The Morgan fingerprint density at radius 1 is 0.439 bits per heavy atom. The van der Waals surface area contributed by atoms with Crippen LogP contribution in [0.3, 0.4) is 0 Å². The first kappa shape index (κ1) is 22.7. The summed E-state index contributed by atoms with van der Waals surface area (Å²) in [7, 11) is 0. The number of hydrogen-bond acceptors (Lipinski definition) is 0. The molecule has 1 heteroatoms. The number of fused-ring (bicyclic) bond motifs is 10. The summed E-state index contributed by atoms with van der Waals surface area (Å²) in [6.07, 6.45) is 6.79. The molecule has 0 aliphatic heterocycles. The molecular weight excluding hydrogens is 494 g/mol. The minimum absolute atomic E-state index is 1.12. The molecule has 1 heterocycles. The van der Waals surface area contributed by atoms with Crippen molar-refractivity contribution in [3.8, 4) is 16.8 Å². The van der Waals surface area contributed by atoms with E-state index in [1.807, 2.05) is 0 Å². The van der Waals surface area contributed by atoms with Gasteiger partial charge < -0.3 is 4.57 Å². The molecule has 7 aromatic carbocycles. The summed E-state index contributed by atoms with van der Waals surface area (Å²) >= 11 is 0. The molecule has 0 fully saturated rings. The van der Waals surface area contributed by atoms with Crippen LogP contribution >= 0.6 is 0 Å². The SMILES string of the molecule is C1=Cc2ccc(-c3ccc4c5ccc(-n6c7ccccc7c7ccccc76)cc5c5ccccc5c4c3)cc2CC1. The van der Waals surface area contributed by atoms with E-state index in [2.05, 4.69) is 144 Å². The number of rotatable bonds is 2. The molecule has 0 saturated heterocycles. The summed E-state index contributed by atoms with van der Waals surface area (Å²) in [6.45, 7) is 0. The maximum atomic E-state index is 2.41. The van der Waals surface area contributed by atoms with Crippen molar-refractivity contribution in [3.05, 3.63) is 145 Å². The zero-order valence-corrected chi connectivity index (χ0v) is 22.6. The largest absolute Gasteiger partial charge is 0.309 e. The summed E-state index contributed by atoms with van der Waals surface area (Å²) in [5.41, 5.74) is 9.06. The third kappa shape index (κ3) is 3.36. The number of aryl methyl sites for hydroxylation is 1. The van der Waals surface area contributed by atoms with E-state index in [4.69, 9.17) is 0 Å². The van der Waals surface area contributed by atoms with Crippen molar-refractivity contribution in [3.63, 3.8) is 0 Å². The molecule has 192 valence electrons. The van der Waals surface area contributed by atoms with Gasteiger partial charge in [-0.15, -0.1) is 0 Å². The molecule has 9 rings (SSSR count). The molecule has 0 atom stereocenters. The van der Waals surface area contributed by atoms with Gasteiger partial charge in [-0.25, -0.2) is 0 Å². The number of aromatic nitrogens is 1. The van der Waals surface area contributed by atoms with E-state index in [-0.39, 0.29) is 0 Å². The third-order valence-corrected chi connectivity index (χ3v) is 9.01. The Morgan fingerprint density at radius 3 is 1.73 bits per heavy atom. The summed E-state index contributed by atoms with van der Waals surface area (Å²) in [5, 5.41) is 10.4. The zero-order valence-electron chi connectivity index (χ0n) is 22.6. The molecule has 0 N–H and O–H groups in total. The Bertz CT molecular complexity index is 2290. The highest BCUT2D eigenvalue weighted by atomic mass is 15.0. The topological polar surface area (TPSA) is 4.93 Å². The van der Waals surface area contributed by atoms with Gasteiger partial charge >= 0.3 is 0 Å². The van der Waals surface area contributed by atoms with Crippen molar-refractivity contribution >= 4 is 60.2 Å². The highest BCUT2D eigenvalue weighted by molar-refractivity contribution is 6.26. The second kappa shape index (κ2) is 8.68. The van der Waals surface area contributed by atoms with E-state index in [0.717, 1.165) is 12.8 Å². The highest BCUT2D eigenvalue weighted by Crippen LogP contribution is 2.40.